The first-order valence-corrected chi connectivity index (χ1v) is 9.44. The topological polar surface area (TPSA) is 32.3 Å². The van der Waals surface area contributed by atoms with E-state index in [1.54, 1.807) is 6.07 Å². The maximum Gasteiger partial charge on any atom is 0.228 e. The molecule has 3 rings (SSSR count). The van der Waals surface area contributed by atoms with E-state index in [-0.39, 0.29) is 18.1 Å². The van der Waals surface area contributed by atoms with Crippen molar-refractivity contribution < 1.29 is 9.18 Å². The third-order valence-electron chi connectivity index (χ3n) is 4.73. The van der Waals surface area contributed by atoms with Crippen molar-refractivity contribution in [2.75, 3.05) is 23.3 Å². The fourth-order valence-corrected chi connectivity index (χ4v) is 3.49. The standard InChI is InChI=1S/C22H27FN2O/c1-16(2)14-17-8-10-18(11-9-17)15-21(26)24-22-19(23)6-5-7-20(22)25-12-3-4-13-25/h5-11,16H,3-4,12-15H2,1-2H3,(H,24,26). The molecule has 0 unspecified atom stereocenters. The summed E-state index contributed by atoms with van der Waals surface area (Å²) in [5.74, 6) is 0.0383. The molecule has 0 spiro atoms. The number of amides is 1. The molecule has 0 atom stereocenters. The van der Waals surface area contributed by atoms with Crippen LogP contribution in [-0.2, 0) is 17.6 Å². The molecule has 3 nitrogen and oxygen atoms in total. The minimum Gasteiger partial charge on any atom is -0.370 e. The molecule has 4 heteroatoms. The van der Waals surface area contributed by atoms with Gasteiger partial charge in [0.1, 0.15) is 11.5 Å². The first kappa shape index (κ1) is 18.4. The third kappa shape index (κ3) is 4.63. The lowest BCUT2D eigenvalue weighted by Gasteiger charge is -2.22. The van der Waals surface area contributed by atoms with Gasteiger partial charge in [0.05, 0.1) is 12.1 Å². The molecule has 1 aliphatic rings. The number of halogens is 1. The first-order chi connectivity index (χ1) is 12.5. The first-order valence-electron chi connectivity index (χ1n) is 9.44. The van der Waals surface area contributed by atoms with Gasteiger partial charge in [-0.15, -0.1) is 0 Å². The van der Waals surface area contributed by atoms with Gasteiger partial charge in [-0.3, -0.25) is 4.79 Å². The summed E-state index contributed by atoms with van der Waals surface area (Å²) in [6.07, 6.45) is 3.48. The van der Waals surface area contributed by atoms with Crippen LogP contribution in [0.3, 0.4) is 0 Å². The molecule has 138 valence electrons. The van der Waals surface area contributed by atoms with E-state index in [9.17, 15) is 9.18 Å². The van der Waals surface area contributed by atoms with Gasteiger partial charge < -0.3 is 10.2 Å². The average Bonchev–Trinajstić information content (AvgIpc) is 3.12. The number of hydrogen-bond donors (Lipinski definition) is 1. The molecule has 1 N–H and O–H groups in total. The predicted octanol–water partition coefficient (Wildman–Crippen LogP) is 4.81. The van der Waals surface area contributed by atoms with E-state index in [1.165, 1.54) is 11.6 Å². The number of carbonyl (C=O) groups is 1. The normalized spacial score (nSPS) is 14.1. The number of nitrogens with zero attached hydrogens (tertiary/aromatic N) is 1. The van der Waals surface area contributed by atoms with E-state index < -0.39 is 0 Å². The fraction of sp³-hybridized carbons (Fsp3) is 0.409. The number of carbonyl (C=O) groups excluding carboxylic acids is 1. The van der Waals surface area contributed by atoms with Gasteiger partial charge in [-0.2, -0.15) is 0 Å². The molecule has 1 aliphatic heterocycles. The summed E-state index contributed by atoms with van der Waals surface area (Å²) in [5.41, 5.74) is 3.29. The van der Waals surface area contributed by atoms with E-state index in [0.29, 0.717) is 11.6 Å². The Morgan fingerprint density at radius 1 is 1.08 bits per heavy atom. The van der Waals surface area contributed by atoms with Crippen molar-refractivity contribution in [3.05, 3.63) is 59.4 Å². The van der Waals surface area contributed by atoms with Crippen LogP contribution in [-0.4, -0.2) is 19.0 Å². The molecule has 0 aromatic heterocycles. The van der Waals surface area contributed by atoms with Gasteiger partial charge >= 0.3 is 0 Å². The van der Waals surface area contributed by atoms with Gasteiger partial charge in [-0.25, -0.2) is 4.39 Å². The second-order valence-corrected chi connectivity index (χ2v) is 7.47. The number of benzene rings is 2. The van der Waals surface area contributed by atoms with Crippen molar-refractivity contribution >= 4 is 17.3 Å². The summed E-state index contributed by atoms with van der Waals surface area (Å²) in [5, 5.41) is 2.80. The molecule has 1 heterocycles. The Balaban J connectivity index is 1.68. The van der Waals surface area contributed by atoms with E-state index in [1.807, 2.05) is 18.2 Å². The van der Waals surface area contributed by atoms with Crippen molar-refractivity contribution in [3.8, 4) is 0 Å². The monoisotopic (exact) mass is 354 g/mol. The fourth-order valence-electron chi connectivity index (χ4n) is 3.49. The number of nitrogens with one attached hydrogen (secondary N) is 1. The second-order valence-electron chi connectivity index (χ2n) is 7.47. The van der Waals surface area contributed by atoms with Crippen LogP contribution in [0.25, 0.3) is 0 Å². The Bertz CT molecular complexity index is 749. The predicted molar refractivity (Wildman–Crippen MR) is 105 cm³/mol. The number of para-hydroxylation sites is 1. The largest absolute Gasteiger partial charge is 0.370 e. The lowest BCUT2D eigenvalue weighted by molar-refractivity contribution is -0.115. The van der Waals surface area contributed by atoms with Gasteiger partial charge in [0.15, 0.2) is 0 Å². The highest BCUT2D eigenvalue weighted by molar-refractivity contribution is 5.95. The zero-order chi connectivity index (χ0) is 18.5. The molecular weight excluding hydrogens is 327 g/mol. The van der Waals surface area contributed by atoms with Gasteiger partial charge in [0.25, 0.3) is 0 Å². The van der Waals surface area contributed by atoms with Gasteiger partial charge in [-0.1, -0.05) is 44.2 Å². The minimum atomic E-state index is -0.380. The third-order valence-corrected chi connectivity index (χ3v) is 4.73. The summed E-state index contributed by atoms with van der Waals surface area (Å²) in [6.45, 7) is 6.19. The highest BCUT2D eigenvalue weighted by Crippen LogP contribution is 2.31. The minimum absolute atomic E-state index is 0.188. The molecular formula is C22H27FN2O. The van der Waals surface area contributed by atoms with Crippen molar-refractivity contribution in [1.29, 1.82) is 0 Å². The molecule has 1 saturated heterocycles. The van der Waals surface area contributed by atoms with E-state index in [4.69, 9.17) is 0 Å². The van der Waals surface area contributed by atoms with Gasteiger partial charge in [0.2, 0.25) is 5.91 Å². The molecule has 0 bridgehead atoms. The van der Waals surface area contributed by atoms with Crippen LogP contribution in [0.1, 0.15) is 37.8 Å². The summed E-state index contributed by atoms with van der Waals surface area (Å²) < 4.78 is 14.3. The number of rotatable bonds is 6. The van der Waals surface area contributed by atoms with Crippen LogP contribution in [0, 0.1) is 11.7 Å². The molecule has 1 amide bonds. The molecule has 2 aromatic rings. The van der Waals surface area contributed by atoms with E-state index in [2.05, 4.69) is 36.2 Å². The molecule has 0 aliphatic carbocycles. The van der Waals surface area contributed by atoms with E-state index in [0.717, 1.165) is 43.6 Å². The van der Waals surface area contributed by atoms with Crippen LogP contribution in [0.5, 0.6) is 0 Å². The van der Waals surface area contributed by atoms with Crippen LogP contribution >= 0.6 is 0 Å². The molecule has 0 saturated carbocycles. The van der Waals surface area contributed by atoms with Crippen LogP contribution in [0.2, 0.25) is 0 Å². The van der Waals surface area contributed by atoms with Crippen LogP contribution in [0.15, 0.2) is 42.5 Å². The smallest absolute Gasteiger partial charge is 0.228 e. The highest BCUT2D eigenvalue weighted by atomic mass is 19.1. The summed E-state index contributed by atoms with van der Waals surface area (Å²) in [6, 6.07) is 13.1. The lowest BCUT2D eigenvalue weighted by atomic mass is 10.0. The van der Waals surface area contributed by atoms with Gasteiger partial charge in [-0.05, 0) is 48.4 Å². The molecule has 0 radical (unpaired) electrons. The molecule has 2 aromatic carbocycles. The quantitative estimate of drug-likeness (QED) is 0.808. The summed E-state index contributed by atoms with van der Waals surface area (Å²) in [4.78, 5) is 14.6. The second kappa shape index (κ2) is 8.35. The van der Waals surface area contributed by atoms with Crippen LogP contribution < -0.4 is 10.2 Å². The van der Waals surface area contributed by atoms with Crippen LogP contribution in [0.4, 0.5) is 15.8 Å². The Morgan fingerprint density at radius 2 is 1.73 bits per heavy atom. The van der Waals surface area contributed by atoms with E-state index >= 15 is 0 Å². The maximum atomic E-state index is 14.3. The Kier molecular flexibility index (Phi) is 5.92. The molecule has 1 fully saturated rings. The number of hydrogen-bond acceptors (Lipinski definition) is 2. The Hall–Kier alpha value is -2.36. The van der Waals surface area contributed by atoms with Gasteiger partial charge in [0, 0.05) is 13.1 Å². The SMILES string of the molecule is CC(C)Cc1ccc(CC(=O)Nc2c(F)cccc2N2CCCC2)cc1. The summed E-state index contributed by atoms with van der Waals surface area (Å²) in [7, 11) is 0. The van der Waals surface area contributed by atoms with Crippen molar-refractivity contribution in [1.82, 2.24) is 0 Å². The average molecular weight is 354 g/mol. The zero-order valence-corrected chi connectivity index (χ0v) is 15.6. The zero-order valence-electron chi connectivity index (χ0n) is 15.6. The van der Waals surface area contributed by atoms with Crippen molar-refractivity contribution in [2.24, 2.45) is 5.92 Å². The Labute approximate surface area is 155 Å². The number of anilines is 2. The highest BCUT2D eigenvalue weighted by Gasteiger charge is 2.19. The Morgan fingerprint density at radius 3 is 2.38 bits per heavy atom. The maximum absolute atomic E-state index is 14.3. The lowest BCUT2D eigenvalue weighted by Crippen LogP contribution is -2.22. The van der Waals surface area contributed by atoms with Crippen molar-refractivity contribution in [2.45, 2.75) is 39.5 Å². The molecule has 26 heavy (non-hydrogen) atoms. The summed E-state index contributed by atoms with van der Waals surface area (Å²) >= 11 is 0. The van der Waals surface area contributed by atoms with Crippen molar-refractivity contribution in [3.63, 3.8) is 0 Å².